The summed E-state index contributed by atoms with van der Waals surface area (Å²) in [7, 11) is 0. The van der Waals surface area contributed by atoms with Gasteiger partial charge in [0.25, 0.3) is 0 Å². The van der Waals surface area contributed by atoms with Gasteiger partial charge in [0.15, 0.2) is 5.82 Å². The number of aromatic nitrogens is 2. The lowest BCUT2D eigenvalue weighted by molar-refractivity contribution is -0.202. The smallest absolute Gasteiger partial charge is 0.334 e. The maximum atomic E-state index is 13.8. The van der Waals surface area contributed by atoms with E-state index in [1.807, 2.05) is 0 Å². The summed E-state index contributed by atoms with van der Waals surface area (Å²) in [5, 5.41) is 0. The average Bonchev–Trinajstić information content (AvgIpc) is 2.26. The van der Waals surface area contributed by atoms with Gasteiger partial charge in [-0.25, -0.2) is 9.97 Å². The van der Waals surface area contributed by atoms with Crippen molar-refractivity contribution < 1.29 is 26.7 Å². The average molecular weight is 281 g/mol. The molecule has 1 aliphatic heterocycles. The molecule has 1 amide bonds. The lowest BCUT2D eigenvalue weighted by Gasteiger charge is -2.42. The molecule has 0 N–H and O–H groups in total. The molecule has 1 aliphatic rings. The van der Waals surface area contributed by atoms with E-state index in [0.717, 1.165) is 12.4 Å². The van der Waals surface area contributed by atoms with Crippen LogP contribution in [0.1, 0.15) is 5.82 Å². The van der Waals surface area contributed by atoms with Crippen molar-refractivity contribution in [2.24, 2.45) is 5.92 Å². The largest absolute Gasteiger partial charge is 0.471 e. The molecular weight excluding hydrogens is 273 g/mol. The standard InChI is InChI=1S/C10H8F5N3O/c11-9(12,7-16-2-1-3-17-7)6-4-18(5-6)8(19)10(13,14)15/h1-3,6H,4-5H2. The normalized spacial score (nSPS) is 17.2. The zero-order chi connectivity index (χ0) is 14.3. The van der Waals surface area contributed by atoms with E-state index in [2.05, 4.69) is 9.97 Å². The first-order valence-corrected chi connectivity index (χ1v) is 5.24. The number of halogens is 5. The molecule has 0 bridgehead atoms. The first-order valence-electron chi connectivity index (χ1n) is 5.24. The van der Waals surface area contributed by atoms with E-state index in [0.29, 0.717) is 4.90 Å². The van der Waals surface area contributed by atoms with E-state index in [1.165, 1.54) is 6.07 Å². The second kappa shape index (κ2) is 4.39. The van der Waals surface area contributed by atoms with E-state index in [-0.39, 0.29) is 0 Å². The van der Waals surface area contributed by atoms with Crippen molar-refractivity contribution >= 4 is 5.91 Å². The lowest BCUT2D eigenvalue weighted by atomic mass is 9.92. The summed E-state index contributed by atoms with van der Waals surface area (Å²) in [6.45, 7) is -1.33. The van der Waals surface area contributed by atoms with Crippen LogP contribution in [0.4, 0.5) is 22.0 Å². The highest BCUT2D eigenvalue weighted by molar-refractivity contribution is 5.82. The Bertz CT molecular complexity index is 470. The minimum atomic E-state index is -5.04. The summed E-state index contributed by atoms with van der Waals surface area (Å²) in [4.78, 5) is 17.9. The van der Waals surface area contributed by atoms with Gasteiger partial charge in [-0.05, 0) is 6.07 Å². The van der Waals surface area contributed by atoms with Gasteiger partial charge in [-0.15, -0.1) is 0 Å². The molecule has 2 heterocycles. The fourth-order valence-corrected chi connectivity index (χ4v) is 1.71. The summed E-state index contributed by atoms with van der Waals surface area (Å²) in [6, 6.07) is 1.35. The molecule has 1 aromatic rings. The molecule has 0 aliphatic carbocycles. The Balaban J connectivity index is 2.03. The lowest BCUT2D eigenvalue weighted by Crippen LogP contribution is -2.59. The number of hydrogen-bond acceptors (Lipinski definition) is 3. The Morgan fingerprint density at radius 2 is 1.68 bits per heavy atom. The fraction of sp³-hybridized carbons (Fsp3) is 0.500. The van der Waals surface area contributed by atoms with Crippen LogP contribution in [0.3, 0.4) is 0 Å². The van der Waals surface area contributed by atoms with Gasteiger partial charge in [-0.3, -0.25) is 4.79 Å². The molecule has 1 aromatic heterocycles. The first-order chi connectivity index (χ1) is 8.73. The highest BCUT2D eigenvalue weighted by Gasteiger charge is 2.55. The molecule has 0 unspecified atom stereocenters. The number of rotatable bonds is 2. The Hall–Kier alpha value is -1.80. The van der Waals surface area contributed by atoms with Crippen LogP contribution in [0.25, 0.3) is 0 Å². The topological polar surface area (TPSA) is 46.1 Å². The van der Waals surface area contributed by atoms with Gasteiger partial charge in [0.1, 0.15) is 0 Å². The monoisotopic (exact) mass is 281 g/mol. The Labute approximate surface area is 104 Å². The van der Waals surface area contributed by atoms with Crippen LogP contribution < -0.4 is 0 Å². The number of carbonyl (C=O) groups is 1. The number of carbonyl (C=O) groups excluding carboxylic acids is 1. The predicted octanol–water partition coefficient (Wildman–Crippen LogP) is 1.59. The van der Waals surface area contributed by atoms with Gasteiger partial charge in [0.05, 0.1) is 5.92 Å². The zero-order valence-electron chi connectivity index (χ0n) is 9.36. The van der Waals surface area contributed by atoms with Crippen LogP contribution in [0.15, 0.2) is 18.5 Å². The summed E-state index contributed by atoms with van der Waals surface area (Å²) in [5.74, 6) is -7.71. The Morgan fingerprint density at radius 3 is 2.16 bits per heavy atom. The van der Waals surface area contributed by atoms with Crippen LogP contribution in [0.5, 0.6) is 0 Å². The van der Waals surface area contributed by atoms with Gasteiger partial charge in [-0.1, -0.05) is 0 Å². The van der Waals surface area contributed by atoms with Crippen LogP contribution in [0, 0.1) is 5.92 Å². The van der Waals surface area contributed by atoms with Crippen molar-refractivity contribution in [3.63, 3.8) is 0 Å². The minimum absolute atomic E-state index is 0.335. The zero-order valence-corrected chi connectivity index (χ0v) is 9.36. The third-order valence-electron chi connectivity index (χ3n) is 2.79. The van der Waals surface area contributed by atoms with Crippen molar-refractivity contribution in [2.75, 3.05) is 13.1 Å². The molecule has 0 aromatic carbocycles. The SMILES string of the molecule is O=C(N1CC(C(F)(F)c2ncccn2)C1)C(F)(F)F. The fourth-order valence-electron chi connectivity index (χ4n) is 1.71. The van der Waals surface area contributed by atoms with E-state index in [9.17, 15) is 26.7 Å². The molecule has 0 radical (unpaired) electrons. The predicted molar refractivity (Wildman–Crippen MR) is 52.1 cm³/mol. The van der Waals surface area contributed by atoms with Crippen LogP contribution in [-0.4, -0.2) is 40.0 Å². The maximum absolute atomic E-state index is 13.8. The molecule has 1 saturated heterocycles. The quantitative estimate of drug-likeness (QED) is 0.773. The van der Waals surface area contributed by atoms with Gasteiger partial charge in [-0.2, -0.15) is 22.0 Å². The van der Waals surface area contributed by atoms with Crippen LogP contribution >= 0.6 is 0 Å². The second-order valence-electron chi connectivity index (χ2n) is 4.10. The second-order valence-corrected chi connectivity index (χ2v) is 4.10. The first kappa shape index (κ1) is 13.6. The summed E-state index contributed by atoms with van der Waals surface area (Å²) in [6.07, 6.45) is -2.80. The van der Waals surface area contributed by atoms with Crippen molar-refractivity contribution in [1.29, 1.82) is 0 Å². The number of nitrogens with zero attached hydrogens (tertiary/aromatic N) is 3. The highest BCUT2D eigenvalue weighted by Crippen LogP contribution is 2.40. The number of alkyl halides is 5. The molecule has 19 heavy (non-hydrogen) atoms. The van der Waals surface area contributed by atoms with Crippen molar-refractivity contribution in [1.82, 2.24) is 14.9 Å². The van der Waals surface area contributed by atoms with Crippen molar-refractivity contribution in [3.8, 4) is 0 Å². The van der Waals surface area contributed by atoms with Gasteiger partial charge in [0, 0.05) is 25.5 Å². The van der Waals surface area contributed by atoms with Gasteiger partial charge < -0.3 is 4.90 Å². The van der Waals surface area contributed by atoms with E-state index >= 15 is 0 Å². The third-order valence-corrected chi connectivity index (χ3v) is 2.79. The molecule has 4 nitrogen and oxygen atoms in total. The van der Waals surface area contributed by atoms with Crippen molar-refractivity contribution in [3.05, 3.63) is 24.3 Å². The number of likely N-dealkylation sites (tertiary alicyclic amines) is 1. The highest BCUT2D eigenvalue weighted by atomic mass is 19.4. The molecule has 2 rings (SSSR count). The van der Waals surface area contributed by atoms with Crippen LogP contribution in [-0.2, 0) is 10.7 Å². The molecule has 0 saturated carbocycles. The number of amides is 1. The van der Waals surface area contributed by atoms with Crippen molar-refractivity contribution in [2.45, 2.75) is 12.1 Å². The number of hydrogen-bond donors (Lipinski definition) is 0. The van der Waals surface area contributed by atoms with E-state index < -0.39 is 42.8 Å². The third kappa shape index (κ3) is 2.49. The van der Waals surface area contributed by atoms with E-state index in [4.69, 9.17) is 0 Å². The Morgan fingerprint density at radius 1 is 1.16 bits per heavy atom. The van der Waals surface area contributed by atoms with Gasteiger partial charge >= 0.3 is 18.0 Å². The van der Waals surface area contributed by atoms with Crippen LogP contribution in [0.2, 0.25) is 0 Å². The minimum Gasteiger partial charge on any atom is -0.334 e. The maximum Gasteiger partial charge on any atom is 0.471 e. The summed E-state index contributed by atoms with van der Waals surface area (Å²) in [5.41, 5.74) is 0. The molecule has 0 spiro atoms. The summed E-state index contributed by atoms with van der Waals surface area (Å²) >= 11 is 0. The van der Waals surface area contributed by atoms with E-state index in [1.54, 1.807) is 0 Å². The molecule has 9 heteroatoms. The molecular formula is C10H8F5N3O. The molecule has 1 fully saturated rings. The molecule has 104 valence electrons. The Kier molecular flexibility index (Phi) is 3.15. The molecule has 0 atom stereocenters. The van der Waals surface area contributed by atoms with Gasteiger partial charge in [0.2, 0.25) is 0 Å². The summed E-state index contributed by atoms with van der Waals surface area (Å²) < 4.78 is 63.8.